The number of halogens is 1. The van der Waals surface area contributed by atoms with E-state index in [1.54, 1.807) is 4.90 Å². The van der Waals surface area contributed by atoms with Gasteiger partial charge in [0, 0.05) is 31.1 Å². The Morgan fingerprint density at radius 2 is 2.22 bits per heavy atom. The number of alkyl halides is 1. The maximum Gasteiger partial charge on any atom is 0.227 e. The van der Waals surface area contributed by atoms with Crippen LogP contribution in [0.3, 0.4) is 0 Å². The van der Waals surface area contributed by atoms with Gasteiger partial charge in [0.05, 0.1) is 0 Å². The van der Waals surface area contributed by atoms with E-state index in [9.17, 15) is 4.79 Å². The molecule has 0 spiro atoms. The lowest BCUT2D eigenvalue weighted by Gasteiger charge is -2.27. The predicted octanol–water partition coefficient (Wildman–Crippen LogP) is 2.49. The van der Waals surface area contributed by atoms with Crippen LogP contribution in [0.2, 0.25) is 0 Å². The van der Waals surface area contributed by atoms with Crippen LogP contribution >= 0.6 is 11.6 Å². The Labute approximate surface area is 113 Å². The van der Waals surface area contributed by atoms with Gasteiger partial charge in [0.15, 0.2) is 0 Å². The molecular formula is C14H19ClN2O. The fourth-order valence-electron chi connectivity index (χ4n) is 2.48. The van der Waals surface area contributed by atoms with E-state index in [4.69, 9.17) is 11.6 Å². The number of nitrogens with zero attached hydrogens (tertiary/aromatic N) is 1. The standard InChI is InChI=1S/C14H19ClN2O/c1-16-12(7-8-15)10-3-5-13-11(9-10)4-6-14(18)17(13)2/h3,5,9,12,16H,4,6-8H2,1-2H3. The highest BCUT2D eigenvalue weighted by atomic mass is 35.5. The van der Waals surface area contributed by atoms with E-state index < -0.39 is 0 Å². The van der Waals surface area contributed by atoms with Crippen molar-refractivity contribution in [3.63, 3.8) is 0 Å². The lowest BCUT2D eigenvalue weighted by Crippen LogP contribution is -2.31. The van der Waals surface area contributed by atoms with Crippen molar-refractivity contribution in [1.82, 2.24) is 5.32 Å². The van der Waals surface area contributed by atoms with E-state index in [1.807, 2.05) is 20.2 Å². The highest BCUT2D eigenvalue weighted by Gasteiger charge is 2.21. The Bertz CT molecular complexity index is 447. The first-order chi connectivity index (χ1) is 8.67. The van der Waals surface area contributed by atoms with Crippen LogP contribution in [0.1, 0.15) is 30.0 Å². The van der Waals surface area contributed by atoms with Crippen LogP contribution in [-0.2, 0) is 11.2 Å². The summed E-state index contributed by atoms with van der Waals surface area (Å²) in [6.45, 7) is 0. The maximum absolute atomic E-state index is 11.6. The second-order valence-corrected chi connectivity index (χ2v) is 5.04. The van der Waals surface area contributed by atoms with Crippen LogP contribution in [-0.4, -0.2) is 25.9 Å². The maximum atomic E-state index is 11.6. The summed E-state index contributed by atoms with van der Waals surface area (Å²) in [5.41, 5.74) is 3.54. The molecular weight excluding hydrogens is 248 g/mol. The Kier molecular flexibility index (Phi) is 4.25. The smallest absolute Gasteiger partial charge is 0.227 e. The van der Waals surface area contributed by atoms with Gasteiger partial charge in [-0.15, -0.1) is 11.6 Å². The van der Waals surface area contributed by atoms with Gasteiger partial charge in [-0.1, -0.05) is 12.1 Å². The molecule has 0 saturated carbocycles. The highest BCUT2D eigenvalue weighted by molar-refractivity contribution is 6.17. The first-order valence-corrected chi connectivity index (χ1v) is 6.83. The minimum atomic E-state index is 0.196. The first kappa shape index (κ1) is 13.4. The number of rotatable bonds is 4. The minimum Gasteiger partial charge on any atom is -0.315 e. The number of carbonyl (C=O) groups excluding carboxylic acids is 1. The minimum absolute atomic E-state index is 0.196. The van der Waals surface area contributed by atoms with Gasteiger partial charge < -0.3 is 10.2 Å². The third kappa shape index (κ3) is 2.52. The molecule has 4 heteroatoms. The van der Waals surface area contributed by atoms with Crippen molar-refractivity contribution in [3.8, 4) is 0 Å². The molecule has 1 aromatic rings. The Morgan fingerprint density at radius 3 is 2.89 bits per heavy atom. The zero-order chi connectivity index (χ0) is 13.1. The molecule has 1 heterocycles. The number of benzene rings is 1. The van der Waals surface area contributed by atoms with Crippen LogP contribution < -0.4 is 10.2 Å². The second-order valence-electron chi connectivity index (χ2n) is 4.66. The molecule has 0 aromatic heterocycles. The second kappa shape index (κ2) is 5.72. The lowest BCUT2D eigenvalue weighted by atomic mass is 9.95. The van der Waals surface area contributed by atoms with Crippen molar-refractivity contribution in [1.29, 1.82) is 0 Å². The van der Waals surface area contributed by atoms with Gasteiger partial charge in [-0.3, -0.25) is 4.79 Å². The van der Waals surface area contributed by atoms with Crippen LogP contribution in [0, 0.1) is 0 Å². The number of nitrogens with one attached hydrogen (secondary N) is 1. The molecule has 0 saturated heterocycles. The van der Waals surface area contributed by atoms with E-state index in [-0.39, 0.29) is 11.9 Å². The number of fused-ring (bicyclic) bond motifs is 1. The molecule has 1 atom stereocenters. The summed E-state index contributed by atoms with van der Waals surface area (Å²) in [6, 6.07) is 6.62. The summed E-state index contributed by atoms with van der Waals surface area (Å²) < 4.78 is 0. The molecule has 1 aliphatic rings. The largest absolute Gasteiger partial charge is 0.315 e. The zero-order valence-corrected chi connectivity index (χ0v) is 11.6. The third-order valence-corrected chi connectivity index (χ3v) is 3.81. The zero-order valence-electron chi connectivity index (χ0n) is 10.9. The number of anilines is 1. The Balaban J connectivity index is 2.30. The van der Waals surface area contributed by atoms with Crippen LogP contribution in [0.5, 0.6) is 0 Å². The molecule has 1 N–H and O–H groups in total. The average Bonchev–Trinajstić information content (AvgIpc) is 2.40. The summed E-state index contributed by atoms with van der Waals surface area (Å²) in [7, 11) is 3.79. The van der Waals surface area contributed by atoms with E-state index in [2.05, 4.69) is 17.4 Å². The molecule has 2 rings (SSSR count). The van der Waals surface area contributed by atoms with Crippen LogP contribution in [0.4, 0.5) is 5.69 Å². The molecule has 18 heavy (non-hydrogen) atoms. The van der Waals surface area contributed by atoms with Crippen molar-refractivity contribution in [2.75, 3.05) is 24.9 Å². The van der Waals surface area contributed by atoms with Crippen molar-refractivity contribution < 1.29 is 4.79 Å². The van der Waals surface area contributed by atoms with Gasteiger partial charge in [0.2, 0.25) is 5.91 Å². The first-order valence-electron chi connectivity index (χ1n) is 6.30. The molecule has 0 fully saturated rings. The number of hydrogen-bond acceptors (Lipinski definition) is 2. The van der Waals surface area contributed by atoms with Gasteiger partial charge in [0.1, 0.15) is 0 Å². The van der Waals surface area contributed by atoms with Crippen molar-refractivity contribution in [2.24, 2.45) is 0 Å². The summed E-state index contributed by atoms with van der Waals surface area (Å²) in [6.07, 6.45) is 2.35. The van der Waals surface area contributed by atoms with E-state index in [0.29, 0.717) is 12.3 Å². The Morgan fingerprint density at radius 1 is 1.44 bits per heavy atom. The van der Waals surface area contributed by atoms with E-state index in [1.165, 1.54) is 11.1 Å². The number of aryl methyl sites for hydroxylation is 1. The van der Waals surface area contributed by atoms with E-state index in [0.717, 1.165) is 18.5 Å². The SMILES string of the molecule is CNC(CCCl)c1ccc2c(c1)CCC(=O)N2C. The molecule has 1 aromatic carbocycles. The summed E-state index contributed by atoms with van der Waals surface area (Å²) in [4.78, 5) is 13.4. The average molecular weight is 267 g/mol. The summed E-state index contributed by atoms with van der Waals surface area (Å²) in [5, 5.41) is 3.28. The predicted molar refractivity (Wildman–Crippen MR) is 75.3 cm³/mol. The molecule has 1 aliphatic heterocycles. The van der Waals surface area contributed by atoms with Gasteiger partial charge >= 0.3 is 0 Å². The molecule has 1 amide bonds. The lowest BCUT2D eigenvalue weighted by molar-refractivity contribution is -0.118. The number of hydrogen-bond donors (Lipinski definition) is 1. The van der Waals surface area contributed by atoms with E-state index >= 15 is 0 Å². The Hall–Kier alpha value is -1.06. The fourth-order valence-corrected chi connectivity index (χ4v) is 2.70. The fraction of sp³-hybridized carbons (Fsp3) is 0.500. The summed E-state index contributed by atoms with van der Waals surface area (Å²) >= 11 is 5.82. The van der Waals surface area contributed by atoms with Crippen LogP contribution in [0.15, 0.2) is 18.2 Å². The third-order valence-electron chi connectivity index (χ3n) is 3.60. The normalized spacial score (nSPS) is 16.6. The molecule has 1 unspecified atom stereocenters. The molecule has 0 radical (unpaired) electrons. The van der Waals surface area contributed by atoms with Crippen molar-refractivity contribution >= 4 is 23.2 Å². The van der Waals surface area contributed by atoms with Crippen LogP contribution in [0.25, 0.3) is 0 Å². The quantitative estimate of drug-likeness (QED) is 0.850. The molecule has 3 nitrogen and oxygen atoms in total. The molecule has 0 bridgehead atoms. The monoisotopic (exact) mass is 266 g/mol. The van der Waals surface area contributed by atoms with Gasteiger partial charge in [-0.2, -0.15) is 0 Å². The highest BCUT2D eigenvalue weighted by Crippen LogP contribution is 2.30. The topological polar surface area (TPSA) is 32.3 Å². The summed E-state index contributed by atoms with van der Waals surface area (Å²) in [5.74, 6) is 0.835. The van der Waals surface area contributed by atoms with Gasteiger partial charge in [0.25, 0.3) is 0 Å². The number of amides is 1. The van der Waals surface area contributed by atoms with Crippen molar-refractivity contribution in [2.45, 2.75) is 25.3 Å². The van der Waals surface area contributed by atoms with Crippen molar-refractivity contribution in [3.05, 3.63) is 29.3 Å². The number of carbonyl (C=O) groups is 1. The van der Waals surface area contributed by atoms with Gasteiger partial charge in [-0.05, 0) is 37.1 Å². The van der Waals surface area contributed by atoms with Gasteiger partial charge in [-0.25, -0.2) is 0 Å². The molecule has 0 aliphatic carbocycles. The molecule has 98 valence electrons.